The molecule has 19 heavy (non-hydrogen) atoms. The van der Waals surface area contributed by atoms with E-state index >= 15 is 0 Å². The lowest BCUT2D eigenvalue weighted by Crippen LogP contribution is -2.21. The summed E-state index contributed by atoms with van der Waals surface area (Å²) in [5.41, 5.74) is 1.20. The predicted octanol–water partition coefficient (Wildman–Crippen LogP) is 3.54. The highest BCUT2D eigenvalue weighted by atomic mass is 16.5. The standard InChI is InChI=1S/C16H25NO2/c1-5-6-7-10-19-16-11-14(12-17-13(2)3)8-9-15(16)18-4/h5,8-9,11,13,17H,1,6-7,10,12H2,2-4H3. The first kappa shape index (κ1) is 15.6. The molecule has 0 fully saturated rings. The number of hydrogen-bond donors (Lipinski definition) is 1. The van der Waals surface area contributed by atoms with Gasteiger partial charge in [0, 0.05) is 12.6 Å². The van der Waals surface area contributed by atoms with Gasteiger partial charge in [-0.25, -0.2) is 0 Å². The molecular formula is C16H25NO2. The maximum absolute atomic E-state index is 5.78. The van der Waals surface area contributed by atoms with E-state index in [-0.39, 0.29) is 0 Å². The van der Waals surface area contributed by atoms with Crippen LogP contribution in [-0.4, -0.2) is 19.8 Å². The number of nitrogens with one attached hydrogen (secondary N) is 1. The Hall–Kier alpha value is -1.48. The number of ether oxygens (including phenoxy) is 2. The van der Waals surface area contributed by atoms with Gasteiger partial charge in [-0.05, 0) is 30.5 Å². The van der Waals surface area contributed by atoms with E-state index in [1.54, 1.807) is 7.11 Å². The van der Waals surface area contributed by atoms with Crippen LogP contribution in [0.15, 0.2) is 30.9 Å². The fourth-order valence-electron chi connectivity index (χ4n) is 1.68. The number of benzene rings is 1. The fraction of sp³-hybridized carbons (Fsp3) is 0.500. The van der Waals surface area contributed by atoms with Crippen molar-refractivity contribution in [3.05, 3.63) is 36.4 Å². The van der Waals surface area contributed by atoms with Crippen molar-refractivity contribution in [3.63, 3.8) is 0 Å². The minimum absolute atomic E-state index is 0.471. The summed E-state index contributed by atoms with van der Waals surface area (Å²) < 4.78 is 11.1. The van der Waals surface area contributed by atoms with Crippen molar-refractivity contribution in [1.29, 1.82) is 0 Å². The van der Waals surface area contributed by atoms with Gasteiger partial charge in [0.2, 0.25) is 0 Å². The number of hydrogen-bond acceptors (Lipinski definition) is 3. The second kappa shape index (κ2) is 8.59. The highest BCUT2D eigenvalue weighted by molar-refractivity contribution is 5.42. The normalized spacial score (nSPS) is 10.5. The van der Waals surface area contributed by atoms with Gasteiger partial charge >= 0.3 is 0 Å². The SMILES string of the molecule is C=CCCCOc1cc(CNC(C)C)ccc1OC. The van der Waals surface area contributed by atoms with Crippen LogP contribution in [-0.2, 0) is 6.54 Å². The third kappa shape index (κ3) is 5.79. The molecule has 0 amide bonds. The van der Waals surface area contributed by atoms with Crippen molar-refractivity contribution in [3.8, 4) is 11.5 Å². The summed E-state index contributed by atoms with van der Waals surface area (Å²) in [6.45, 7) is 9.50. The van der Waals surface area contributed by atoms with Gasteiger partial charge in [-0.2, -0.15) is 0 Å². The molecule has 0 unspecified atom stereocenters. The van der Waals surface area contributed by atoms with E-state index in [1.165, 1.54) is 5.56 Å². The van der Waals surface area contributed by atoms with Crippen LogP contribution in [0.1, 0.15) is 32.3 Å². The monoisotopic (exact) mass is 263 g/mol. The molecule has 3 heteroatoms. The zero-order chi connectivity index (χ0) is 14.1. The lowest BCUT2D eigenvalue weighted by atomic mass is 10.2. The van der Waals surface area contributed by atoms with Crippen LogP contribution in [0.5, 0.6) is 11.5 Å². The van der Waals surface area contributed by atoms with E-state index in [2.05, 4.69) is 31.8 Å². The lowest BCUT2D eigenvalue weighted by Gasteiger charge is -2.13. The Kier molecular flexibility index (Phi) is 7.04. The molecule has 0 aliphatic heterocycles. The maximum atomic E-state index is 5.78. The van der Waals surface area contributed by atoms with Gasteiger partial charge < -0.3 is 14.8 Å². The molecule has 0 saturated carbocycles. The number of rotatable bonds is 9. The van der Waals surface area contributed by atoms with Gasteiger partial charge in [0.1, 0.15) is 0 Å². The molecule has 0 atom stereocenters. The maximum Gasteiger partial charge on any atom is 0.161 e. The molecular weight excluding hydrogens is 238 g/mol. The van der Waals surface area contributed by atoms with Gasteiger partial charge in [-0.15, -0.1) is 6.58 Å². The van der Waals surface area contributed by atoms with Crippen molar-refractivity contribution in [1.82, 2.24) is 5.32 Å². The Morgan fingerprint density at radius 2 is 2.11 bits per heavy atom. The second-order valence-corrected chi connectivity index (χ2v) is 4.80. The summed E-state index contributed by atoms with van der Waals surface area (Å²) in [6.07, 6.45) is 3.85. The molecule has 106 valence electrons. The van der Waals surface area contributed by atoms with Crippen LogP contribution < -0.4 is 14.8 Å². The molecule has 0 heterocycles. The van der Waals surface area contributed by atoms with E-state index in [0.717, 1.165) is 30.9 Å². The van der Waals surface area contributed by atoms with Crippen LogP contribution in [0.4, 0.5) is 0 Å². The molecule has 0 aromatic heterocycles. The molecule has 1 aromatic carbocycles. The summed E-state index contributed by atoms with van der Waals surface area (Å²) in [5.74, 6) is 1.60. The predicted molar refractivity (Wildman–Crippen MR) is 79.9 cm³/mol. The Bertz CT molecular complexity index is 388. The average molecular weight is 263 g/mol. The summed E-state index contributed by atoms with van der Waals surface area (Å²) in [5, 5.41) is 3.39. The Morgan fingerprint density at radius 3 is 2.74 bits per heavy atom. The summed E-state index contributed by atoms with van der Waals surface area (Å²) in [4.78, 5) is 0. The van der Waals surface area contributed by atoms with Crippen LogP contribution in [0.3, 0.4) is 0 Å². The number of methoxy groups -OCH3 is 1. The third-order valence-corrected chi connectivity index (χ3v) is 2.75. The molecule has 1 rings (SSSR count). The number of allylic oxidation sites excluding steroid dienone is 1. The third-order valence-electron chi connectivity index (χ3n) is 2.75. The first-order valence-electron chi connectivity index (χ1n) is 6.81. The molecule has 1 aromatic rings. The molecule has 0 saturated heterocycles. The topological polar surface area (TPSA) is 30.5 Å². The molecule has 1 N–H and O–H groups in total. The molecule has 0 aliphatic rings. The molecule has 0 bridgehead atoms. The Morgan fingerprint density at radius 1 is 1.32 bits per heavy atom. The van der Waals surface area contributed by atoms with Crippen molar-refractivity contribution in [2.45, 2.75) is 39.3 Å². The fourth-order valence-corrected chi connectivity index (χ4v) is 1.68. The zero-order valence-electron chi connectivity index (χ0n) is 12.2. The van der Waals surface area contributed by atoms with E-state index in [0.29, 0.717) is 12.6 Å². The van der Waals surface area contributed by atoms with Crippen LogP contribution in [0.25, 0.3) is 0 Å². The average Bonchev–Trinajstić information content (AvgIpc) is 2.41. The van der Waals surface area contributed by atoms with Crippen molar-refractivity contribution < 1.29 is 9.47 Å². The van der Waals surface area contributed by atoms with E-state index < -0.39 is 0 Å². The highest BCUT2D eigenvalue weighted by Crippen LogP contribution is 2.28. The van der Waals surface area contributed by atoms with Crippen molar-refractivity contribution in [2.75, 3.05) is 13.7 Å². The molecule has 0 aliphatic carbocycles. The largest absolute Gasteiger partial charge is 0.493 e. The van der Waals surface area contributed by atoms with Crippen molar-refractivity contribution in [2.24, 2.45) is 0 Å². The summed E-state index contributed by atoms with van der Waals surface area (Å²) >= 11 is 0. The zero-order valence-corrected chi connectivity index (χ0v) is 12.2. The van der Waals surface area contributed by atoms with Crippen LogP contribution >= 0.6 is 0 Å². The molecule has 0 spiro atoms. The molecule has 0 radical (unpaired) electrons. The van der Waals surface area contributed by atoms with Gasteiger partial charge in [-0.3, -0.25) is 0 Å². The van der Waals surface area contributed by atoms with Gasteiger partial charge in [-0.1, -0.05) is 26.0 Å². The Balaban J connectivity index is 2.63. The van der Waals surface area contributed by atoms with Gasteiger partial charge in [0.05, 0.1) is 13.7 Å². The highest BCUT2D eigenvalue weighted by Gasteiger charge is 2.06. The first-order chi connectivity index (χ1) is 9.17. The van der Waals surface area contributed by atoms with Gasteiger partial charge in [0.15, 0.2) is 11.5 Å². The quantitative estimate of drug-likeness (QED) is 0.546. The summed E-state index contributed by atoms with van der Waals surface area (Å²) in [7, 11) is 1.66. The van der Waals surface area contributed by atoms with E-state index in [1.807, 2.05) is 18.2 Å². The Labute approximate surface area is 116 Å². The minimum Gasteiger partial charge on any atom is -0.493 e. The van der Waals surface area contributed by atoms with Crippen molar-refractivity contribution >= 4 is 0 Å². The second-order valence-electron chi connectivity index (χ2n) is 4.80. The smallest absolute Gasteiger partial charge is 0.161 e. The first-order valence-corrected chi connectivity index (χ1v) is 6.81. The molecule has 3 nitrogen and oxygen atoms in total. The van der Waals surface area contributed by atoms with E-state index in [9.17, 15) is 0 Å². The lowest BCUT2D eigenvalue weighted by molar-refractivity contribution is 0.290. The minimum atomic E-state index is 0.471. The number of unbranched alkanes of at least 4 members (excludes halogenated alkanes) is 1. The van der Waals surface area contributed by atoms with Crippen LogP contribution in [0.2, 0.25) is 0 Å². The van der Waals surface area contributed by atoms with Gasteiger partial charge in [0.25, 0.3) is 0 Å². The van der Waals surface area contributed by atoms with Crippen LogP contribution in [0, 0.1) is 0 Å². The summed E-state index contributed by atoms with van der Waals surface area (Å²) in [6, 6.07) is 6.53. The van der Waals surface area contributed by atoms with E-state index in [4.69, 9.17) is 9.47 Å².